The first-order valence-electron chi connectivity index (χ1n) is 7.54. The second-order valence-corrected chi connectivity index (χ2v) is 5.40. The number of rotatable bonds is 6. The van der Waals surface area contributed by atoms with Gasteiger partial charge in [0, 0.05) is 25.8 Å². The Bertz CT molecular complexity index is 411. The van der Waals surface area contributed by atoms with Crippen molar-refractivity contribution in [2.24, 2.45) is 0 Å². The highest BCUT2D eigenvalue weighted by Gasteiger charge is 2.19. The van der Waals surface area contributed by atoms with Crippen LogP contribution in [-0.4, -0.2) is 38.6 Å². The van der Waals surface area contributed by atoms with Gasteiger partial charge >= 0.3 is 0 Å². The van der Waals surface area contributed by atoms with Gasteiger partial charge in [0.1, 0.15) is 0 Å². The van der Waals surface area contributed by atoms with E-state index in [1.165, 1.54) is 12.1 Å². The zero-order valence-corrected chi connectivity index (χ0v) is 14.7. The Morgan fingerprint density at radius 3 is 2.64 bits per heavy atom. The van der Waals surface area contributed by atoms with E-state index >= 15 is 0 Å². The number of carbonyl (C=O) groups is 1. The highest BCUT2D eigenvalue weighted by molar-refractivity contribution is 5.85. The monoisotopic (exact) mass is 347 g/mol. The Balaban J connectivity index is 0.00000220. The average Bonchev–Trinajstić information content (AvgIpc) is 2.53. The van der Waals surface area contributed by atoms with Crippen LogP contribution in [0.5, 0.6) is 0 Å². The molecular weight excluding hydrogens is 321 g/mol. The molecule has 0 saturated carbocycles. The number of carbonyl (C=O) groups excluding carboxylic acids is 1. The summed E-state index contributed by atoms with van der Waals surface area (Å²) in [7, 11) is 2.08. The third-order valence-corrected chi connectivity index (χ3v) is 3.79. The predicted molar refractivity (Wildman–Crippen MR) is 97.5 cm³/mol. The second kappa shape index (κ2) is 11.6. The van der Waals surface area contributed by atoms with Gasteiger partial charge in [-0.1, -0.05) is 24.6 Å². The summed E-state index contributed by atoms with van der Waals surface area (Å²) in [5.41, 5.74) is 1.22. The van der Waals surface area contributed by atoms with E-state index in [4.69, 9.17) is 0 Å². The molecule has 1 unspecified atom stereocenters. The third-order valence-electron chi connectivity index (χ3n) is 3.79. The molecule has 6 heteroatoms. The smallest absolute Gasteiger partial charge is 0.237 e. The maximum atomic E-state index is 11.9. The second-order valence-electron chi connectivity index (χ2n) is 5.40. The summed E-state index contributed by atoms with van der Waals surface area (Å²) in [6, 6.07) is 10.3. The van der Waals surface area contributed by atoms with Gasteiger partial charge < -0.3 is 15.5 Å². The average molecular weight is 348 g/mol. The van der Waals surface area contributed by atoms with Crippen LogP contribution in [0.25, 0.3) is 0 Å². The van der Waals surface area contributed by atoms with Gasteiger partial charge in [-0.3, -0.25) is 4.79 Å². The lowest BCUT2D eigenvalue weighted by molar-refractivity contribution is -0.123. The summed E-state index contributed by atoms with van der Waals surface area (Å²) in [6.45, 7) is 2.66. The van der Waals surface area contributed by atoms with Crippen LogP contribution in [-0.2, 0) is 4.79 Å². The fourth-order valence-corrected chi connectivity index (χ4v) is 2.54. The summed E-state index contributed by atoms with van der Waals surface area (Å²) >= 11 is 0. The van der Waals surface area contributed by atoms with Crippen LogP contribution in [0.15, 0.2) is 30.3 Å². The number of amides is 1. The minimum Gasteiger partial charge on any atom is -0.375 e. The third kappa shape index (κ3) is 6.86. The van der Waals surface area contributed by atoms with Crippen molar-refractivity contribution in [3.63, 3.8) is 0 Å². The van der Waals surface area contributed by atoms with Crippen LogP contribution >= 0.6 is 24.8 Å². The summed E-state index contributed by atoms with van der Waals surface area (Å²) in [5, 5.41) is 6.30. The van der Waals surface area contributed by atoms with Gasteiger partial charge in [-0.05, 0) is 37.9 Å². The Labute approximate surface area is 145 Å². The number of para-hydroxylation sites is 1. The van der Waals surface area contributed by atoms with Crippen LogP contribution in [0.3, 0.4) is 0 Å². The molecule has 0 spiro atoms. The van der Waals surface area contributed by atoms with Gasteiger partial charge in [-0.2, -0.15) is 0 Å². The minimum absolute atomic E-state index is 0. The molecule has 2 rings (SSSR count). The molecule has 0 bridgehead atoms. The Kier molecular flexibility index (Phi) is 11.1. The molecule has 1 aliphatic rings. The minimum atomic E-state index is 0. The summed E-state index contributed by atoms with van der Waals surface area (Å²) < 4.78 is 0. The zero-order valence-electron chi connectivity index (χ0n) is 13.1. The van der Waals surface area contributed by atoms with E-state index in [2.05, 4.69) is 34.7 Å². The molecule has 1 atom stereocenters. The molecule has 1 aliphatic heterocycles. The van der Waals surface area contributed by atoms with E-state index in [-0.39, 0.29) is 36.8 Å². The standard InChI is InChI=1S/C16H25N3O.2ClH/c1-19(14-8-3-2-4-9-14)13-7-12-18-16(20)15-10-5-6-11-17-15;;/h2-4,8-9,15,17H,5-7,10-13H2,1H3,(H,18,20);2*1H. The highest BCUT2D eigenvalue weighted by Crippen LogP contribution is 2.11. The van der Waals surface area contributed by atoms with Crippen LogP contribution in [0.2, 0.25) is 0 Å². The molecule has 0 aromatic heterocycles. The predicted octanol–water partition coefficient (Wildman–Crippen LogP) is 2.61. The summed E-state index contributed by atoms with van der Waals surface area (Å²) in [5.74, 6) is 0.159. The summed E-state index contributed by atoms with van der Waals surface area (Å²) in [6.07, 6.45) is 4.27. The molecule has 4 nitrogen and oxygen atoms in total. The first-order chi connectivity index (χ1) is 9.77. The molecule has 1 aromatic rings. The Hall–Kier alpha value is -0.970. The number of halogens is 2. The van der Waals surface area contributed by atoms with E-state index in [0.29, 0.717) is 0 Å². The van der Waals surface area contributed by atoms with E-state index in [1.54, 1.807) is 0 Å². The van der Waals surface area contributed by atoms with Crippen molar-refractivity contribution in [1.82, 2.24) is 10.6 Å². The molecule has 1 saturated heterocycles. The molecule has 2 N–H and O–H groups in total. The first kappa shape index (κ1) is 21.0. The maximum absolute atomic E-state index is 11.9. The van der Waals surface area contributed by atoms with Gasteiger partial charge in [-0.15, -0.1) is 24.8 Å². The van der Waals surface area contributed by atoms with Gasteiger partial charge in [0.15, 0.2) is 0 Å². The molecule has 126 valence electrons. The lowest BCUT2D eigenvalue weighted by atomic mass is 10.0. The molecule has 22 heavy (non-hydrogen) atoms. The Morgan fingerprint density at radius 1 is 1.27 bits per heavy atom. The topological polar surface area (TPSA) is 44.4 Å². The van der Waals surface area contributed by atoms with Crippen molar-refractivity contribution >= 4 is 36.4 Å². The van der Waals surface area contributed by atoms with Crippen molar-refractivity contribution in [3.05, 3.63) is 30.3 Å². The number of hydrogen-bond acceptors (Lipinski definition) is 3. The van der Waals surface area contributed by atoms with Crippen molar-refractivity contribution in [3.8, 4) is 0 Å². The van der Waals surface area contributed by atoms with E-state index in [0.717, 1.165) is 38.9 Å². The normalized spacial score (nSPS) is 16.9. The van der Waals surface area contributed by atoms with Crippen molar-refractivity contribution < 1.29 is 4.79 Å². The number of benzene rings is 1. The van der Waals surface area contributed by atoms with E-state index in [1.807, 2.05) is 18.2 Å². The van der Waals surface area contributed by atoms with Crippen molar-refractivity contribution in [2.75, 3.05) is 31.6 Å². The Morgan fingerprint density at radius 2 is 2.00 bits per heavy atom. The van der Waals surface area contributed by atoms with Crippen molar-refractivity contribution in [2.45, 2.75) is 31.7 Å². The van der Waals surface area contributed by atoms with Crippen LogP contribution in [0.1, 0.15) is 25.7 Å². The SMILES string of the molecule is CN(CCCNC(=O)C1CCCCN1)c1ccccc1.Cl.Cl. The molecule has 1 fully saturated rings. The first-order valence-corrected chi connectivity index (χ1v) is 7.54. The number of nitrogens with zero attached hydrogens (tertiary/aromatic N) is 1. The molecule has 0 radical (unpaired) electrons. The quantitative estimate of drug-likeness (QED) is 0.777. The maximum Gasteiger partial charge on any atom is 0.237 e. The van der Waals surface area contributed by atoms with Crippen LogP contribution in [0.4, 0.5) is 5.69 Å². The number of piperidine rings is 1. The van der Waals surface area contributed by atoms with Gasteiger partial charge in [0.05, 0.1) is 6.04 Å². The largest absolute Gasteiger partial charge is 0.375 e. The number of anilines is 1. The zero-order chi connectivity index (χ0) is 14.2. The van der Waals surface area contributed by atoms with Crippen LogP contribution in [0, 0.1) is 0 Å². The molecule has 1 aromatic carbocycles. The van der Waals surface area contributed by atoms with E-state index in [9.17, 15) is 4.79 Å². The fraction of sp³-hybridized carbons (Fsp3) is 0.562. The van der Waals surface area contributed by atoms with Gasteiger partial charge in [0.2, 0.25) is 5.91 Å². The number of nitrogens with one attached hydrogen (secondary N) is 2. The molecular formula is C16H27Cl2N3O. The molecule has 1 heterocycles. The molecule has 1 amide bonds. The van der Waals surface area contributed by atoms with Crippen molar-refractivity contribution in [1.29, 1.82) is 0 Å². The van der Waals surface area contributed by atoms with Gasteiger partial charge in [-0.25, -0.2) is 0 Å². The highest BCUT2D eigenvalue weighted by atomic mass is 35.5. The lowest BCUT2D eigenvalue weighted by Gasteiger charge is -2.23. The molecule has 0 aliphatic carbocycles. The fourth-order valence-electron chi connectivity index (χ4n) is 2.54. The lowest BCUT2D eigenvalue weighted by Crippen LogP contribution is -2.47. The summed E-state index contributed by atoms with van der Waals surface area (Å²) in [4.78, 5) is 14.1. The van der Waals surface area contributed by atoms with Gasteiger partial charge in [0.25, 0.3) is 0 Å². The number of hydrogen-bond donors (Lipinski definition) is 2. The van der Waals surface area contributed by atoms with Crippen LogP contribution < -0.4 is 15.5 Å². The van der Waals surface area contributed by atoms with E-state index < -0.39 is 0 Å².